The summed E-state index contributed by atoms with van der Waals surface area (Å²) in [4.78, 5) is 0. The van der Waals surface area contributed by atoms with Gasteiger partial charge in [0, 0.05) is 23.1 Å². The Hall–Kier alpha value is -2.41. The highest BCUT2D eigenvalue weighted by Gasteiger charge is 2.38. The molecule has 25 heavy (non-hydrogen) atoms. The van der Waals surface area contributed by atoms with E-state index >= 15 is 0 Å². The number of hydrogen-bond donors (Lipinski definition) is 0. The number of rotatable bonds is 2. The van der Waals surface area contributed by atoms with Crippen molar-refractivity contribution in [2.75, 3.05) is 0 Å². The molecule has 1 aliphatic carbocycles. The fraction of sp³-hybridized carbons (Fsp3) is 0.292. The summed E-state index contributed by atoms with van der Waals surface area (Å²) in [5.74, 6) is 0. The topological polar surface area (TPSA) is 3.88 Å². The molecule has 0 bridgehead atoms. The van der Waals surface area contributed by atoms with Crippen molar-refractivity contribution in [1.82, 2.24) is 0 Å². The van der Waals surface area contributed by atoms with Gasteiger partial charge in [-0.15, -0.1) is 0 Å². The quantitative estimate of drug-likeness (QED) is 0.558. The van der Waals surface area contributed by atoms with Crippen LogP contribution in [0.3, 0.4) is 0 Å². The molecule has 3 aromatic rings. The molecular weight excluding hydrogens is 302 g/mol. The molecule has 2 aromatic carbocycles. The van der Waals surface area contributed by atoms with Crippen LogP contribution in [0.4, 0.5) is 0 Å². The highest BCUT2D eigenvalue weighted by Crippen LogP contribution is 2.52. The molecule has 0 saturated carbocycles. The second-order valence-corrected chi connectivity index (χ2v) is 7.74. The van der Waals surface area contributed by atoms with Crippen LogP contribution in [0.15, 0.2) is 54.7 Å². The zero-order valence-electron chi connectivity index (χ0n) is 15.9. The SMILES string of the molecule is CCc1ccc2c(c1)C(C)(C)c1ccc(C)c(-c3cccc[n+]3C)c1-2. The summed E-state index contributed by atoms with van der Waals surface area (Å²) in [6.07, 6.45) is 3.22. The van der Waals surface area contributed by atoms with Gasteiger partial charge in [-0.2, -0.15) is 0 Å². The van der Waals surface area contributed by atoms with Crippen LogP contribution in [-0.2, 0) is 18.9 Å². The van der Waals surface area contributed by atoms with Crippen molar-refractivity contribution in [3.8, 4) is 22.4 Å². The van der Waals surface area contributed by atoms with Crippen molar-refractivity contribution in [3.05, 3.63) is 77.0 Å². The van der Waals surface area contributed by atoms with Crippen molar-refractivity contribution in [2.45, 2.75) is 39.5 Å². The third-order valence-corrected chi connectivity index (χ3v) is 5.83. The van der Waals surface area contributed by atoms with Crippen molar-refractivity contribution in [1.29, 1.82) is 0 Å². The average molecular weight is 328 g/mol. The van der Waals surface area contributed by atoms with Crippen LogP contribution >= 0.6 is 0 Å². The molecule has 1 heteroatoms. The lowest BCUT2D eigenvalue weighted by atomic mass is 9.81. The lowest BCUT2D eigenvalue weighted by Crippen LogP contribution is -2.30. The van der Waals surface area contributed by atoms with Gasteiger partial charge in [0.15, 0.2) is 6.20 Å². The van der Waals surface area contributed by atoms with E-state index in [-0.39, 0.29) is 5.41 Å². The highest BCUT2D eigenvalue weighted by atomic mass is 14.9. The zero-order valence-corrected chi connectivity index (χ0v) is 15.9. The molecule has 0 atom stereocenters. The molecule has 0 N–H and O–H groups in total. The number of fused-ring (bicyclic) bond motifs is 3. The van der Waals surface area contributed by atoms with Crippen molar-refractivity contribution < 1.29 is 4.57 Å². The molecule has 1 nitrogen and oxygen atoms in total. The molecule has 0 radical (unpaired) electrons. The third kappa shape index (κ3) is 2.26. The monoisotopic (exact) mass is 328 g/mol. The van der Waals surface area contributed by atoms with Crippen LogP contribution in [0.25, 0.3) is 22.4 Å². The Bertz CT molecular complexity index is 979. The van der Waals surface area contributed by atoms with Gasteiger partial charge in [-0.05, 0) is 47.2 Å². The minimum Gasteiger partial charge on any atom is -0.201 e. The predicted octanol–water partition coefficient (Wildman–Crippen LogP) is 5.36. The summed E-state index contributed by atoms with van der Waals surface area (Å²) < 4.78 is 2.23. The first kappa shape index (κ1) is 16.1. The molecule has 0 amide bonds. The number of nitrogens with zero attached hydrogens (tertiary/aromatic N) is 1. The maximum atomic E-state index is 2.42. The fourth-order valence-corrected chi connectivity index (χ4v) is 4.31. The standard InChI is InChI=1S/C24H26N/c1-6-17-11-12-18-20(15-17)24(3,4)19-13-10-16(2)22(23(18)19)21-9-7-8-14-25(21)5/h7-15H,6H2,1-5H3/q+1. The normalized spacial score (nSPS) is 14.3. The van der Waals surface area contributed by atoms with Crippen LogP contribution in [0.1, 0.15) is 43.0 Å². The Morgan fingerprint density at radius 3 is 2.44 bits per heavy atom. The smallest absolute Gasteiger partial charge is 0.201 e. The molecule has 1 aliphatic rings. The Kier molecular flexibility index (Phi) is 3.57. The Balaban J connectivity index is 2.10. The van der Waals surface area contributed by atoms with Gasteiger partial charge in [0.25, 0.3) is 0 Å². The molecule has 0 aliphatic heterocycles. The Morgan fingerprint density at radius 1 is 0.920 bits per heavy atom. The number of pyridine rings is 1. The van der Waals surface area contributed by atoms with Crippen molar-refractivity contribution >= 4 is 0 Å². The molecule has 0 unspecified atom stereocenters. The largest absolute Gasteiger partial charge is 0.213 e. The summed E-state index contributed by atoms with van der Waals surface area (Å²) in [7, 11) is 2.13. The molecule has 1 heterocycles. The maximum absolute atomic E-state index is 2.42. The third-order valence-electron chi connectivity index (χ3n) is 5.83. The second kappa shape index (κ2) is 5.56. The second-order valence-electron chi connectivity index (χ2n) is 7.74. The summed E-state index contributed by atoms with van der Waals surface area (Å²) in [6, 6.07) is 18.1. The lowest BCUT2D eigenvalue weighted by molar-refractivity contribution is -0.660. The van der Waals surface area contributed by atoms with Crippen LogP contribution in [0.5, 0.6) is 0 Å². The van der Waals surface area contributed by atoms with Gasteiger partial charge in [-0.25, -0.2) is 4.57 Å². The van der Waals surface area contributed by atoms with E-state index in [1.54, 1.807) is 0 Å². The maximum Gasteiger partial charge on any atom is 0.213 e. The van der Waals surface area contributed by atoms with Gasteiger partial charge in [0.2, 0.25) is 5.69 Å². The van der Waals surface area contributed by atoms with Crippen LogP contribution in [0.2, 0.25) is 0 Å². The highest BCUT2D eigenvalue weighted by molar-refractivity contribution is 5.92. The van der Waals surface area contributed by atoms with E-state index in [0.29, 0.717) is 0 Å². The van der Waals surface area contributed by atoms with Crippen LogP contribution in [-0.4, -0.2) is 0 Å². The van der Waals surface area contributed by atoms with E-state index in [1.807, 2.05) is 0 Å². The first-order valence-corrected chi connectivity index (χ1v) is 9.18. The molecule has 0 saturated heterocycles. The zero-order chi connectivity index (χ0) is 17.8. The van der Waals surface area contributed by atoms with E-state index in [1.165, 1.54) is 44.6 Å². The Labute approximate surface area is 151 Å². The summed E-state index contributed by atoms with van der Waals surface area (Å²) in [5.41, 5.74) is 11.2. The minimum atomic E-state index is 0.0473. The average Bonchev–Trinajstić information content (AvgIpc) is 2.83. The molecular formula is C24H26N+. The van der Waals surface area contributed by atoms with E-state index in [0.717, 1.165) is 6.42 Å². The minimum absolute atomic E-state index is 0.0473. The number of hydrogen-bond acceptors (Lipinski definition) is 0. The molecule has 0 fully saturated rings. The van der Waals surface area contributed by atoms with E-state index in [9.17, 15) is 0 Å². The van der Waals surface area contributed by atoms with Gasteiger partial charge >= 0.3 is 0 Å². The summed E-state index contributed by atoms with van der Waals surface area (Å²) in [5, 5.41) is 0. The van der Waals surface area contributed by atoms with Gasteiger partial charge in [0.05, 0.1) is 5.56 Å². The van der Waals surface area contributed by atoms with Crippen LogP contribution in [0, 0.1) is 6.92 Å². The van der Waals surface area contributed by atoms with Crippen molar-refractivity contribution in [2.24, 2.45) is 7.05 Å². The number of aromatic nitrogens is 1. The number of benzene rings is 2. The van der Waals surface area contributed by atoms with Gasteiger partial charge in [0.1, 0.15) is 7.05 Å². The van der Waals surface area contributed by atoms with Crippen molar-refractivity contribution in [3.63, 3.8) is 0 Å². The first-order chi connectivity index (χ1) is 11.9. The number of aryl methyl sites for hydroxylation is 3. The van der Waals surface area contributed by atoms with Gasteiger partial charge < -0.3 is 0 Å². The van der Waals surface area contributed by atoms with E-state index in [2.05, 4.69) is 94.0 Å². The Morgan fingerprint density at radius 2 is 1.72 bits per heavy atom. The fourth-order valence-electron chi connectivity index (χ4n) is 4.31. The molecule has 1 aromatic heterocycles. The summed E-state index contributed by atoms with van der Waals surface area (Å²) >= 11 is 0. The molecule has 0 spiro atoms. The van der Waals surface area contributed by atoms with E-state index < -0.39 is 0 Å². The van der Waals surface area contributed by atoms with E-state index in [4.69, 9.17) is 0 Å². The lowest BCUT2D eigenvalue weighted by Gasteiger charge is -2.22. The predicted molar refractivity (Wildman–Crippen MR) is 105 cm³/mol. The summed E-state index contributed by atoms with van der Waals surface area (Å²) in [6.45, 7) is 9.19. The van der Waals surface area contributed by atoms with Gasteiger partial charge in [-0.3, -0.25) is 0 Å². The molecule has 126 valence electrons. The van der Waals surface area contributed by atoms with Crippen LogP contribution < -0.4 is 4.57 Å². The molecule has 4 rings (SSSR count). The van der Waals surface area contributed by atoms with Gasteiger partial charge in [-0.1, -0.05) is 51.1 Å². The first-order valence-electron chi connectivity index (χ1n) is 9.18.